The Morgan fingerprint density at radius 1 is 1.53 bits per heavy atom. The van der Waals surface area contributed by atoms with E-state index in [4.69, 9.17) is 5.84 Å². The van der Waals surface area contributed by atoms with Gasteiger partial charge in [-0.05, 0) is 13.3 Å². The Balaban J connectivity index is 2.73. The van der Waals surface area contributed by atoms with Crippen LogP contribution < -0.4 is 11.2 Å². The van der Waals surface area contributed by atoms with E-state index in [0.717, 1.165) is 18.2 Å². The molecule has 0 radical (unpaired) electrons. The number of hydrogen-bond donors (Lipinski definition) is 2. The predicted molar refractivity (Wildman–Crippen MR) is 63.8 cm³/mol. The number of nitrogens with two attached hydrogens (primary N) is 1. The molecule has 3 N–H and O–H groups in total. The highest BCUT2D eigenvalue weighted by Gasteiger charge is 2.38. The zero-order valence-corrected chi connectivity index (χ0v) is 11.2. The molecule has 0 fully saturated rings. The summed E-state index contributed by atoms with van der Waals surface area (Å²) >= 11 is 0.818. The minimum Gasteiger partial charge on any atom is -0.355 e. The van der Waals surface area contributed by atoms with Gasteiger partial charge in [-0.25, -0.2) is 4.68 Å². The van der Waals surface area contributed by atoms with Gasteiger partial charge < -0.3 is 11.2 Å². The topological polar surface area (TPSA) is 85.8 Å². The Bertz CT molecular complexity index is 448. The SMILES string of the molecule is CCCNC(=O)C(C)Sc1nnc(C(F)(F)F)n1N. The van der Waals surface area contributed by atoms with Crippen molar-refractivity contribution in [1.82, 2.24) is 20.2 Å². The standard InChI is InChI=1S/C9H14F3N5OS/c1-3-4-14-6(18)5(2)19-8-16-15-7(17(8)13)9(10,11)12/h5H,3-4,13H2,1-2H3,(H,14,18). The second-order valence-corrected chi connectivity index (χ2v) is 5.03. The summed E-state index contributed by atoms with van der Waals surface area (Å²) in [6, 6.07) is 0. The largest absolute Gasteiger partial charge is 0.453 e. The third-order valence-corrected chi connectivity index (χ3v) is 3.18. The van der Waals surface area contributed by atoms with Crippen molar-refractivity contribution in [3.05, 3.63) is 5.82 Å². The van der Waals surface area contributed by atoms with Gasteiger partial charge in [0.05, 0.1) is 5.25 Å². The van der Waals surface area contributed by atoms with Crippen LogP contribution in [0.1, 0.15) is 26.1 Å². The van der Waals surface area contributed by atoms with Gasteiger partial charge in [0.1, 0.15) is 0 Å². The van der Waals surface area contributed by atoms with Crippen molar-refractivity contribution in [2.75, 3.05) is 12.4 Å². The number of amides is 1. The maximum absolute atomic E-state index is 12.4. The molecule has 0 bridgehead atoms. The van der Waals surface area contributed by atoms with E-state index in [9.17, 15) is 18.0 Å². The quantitative estimate of drug-likeness (QED) is 0.626. The molecule has 0 saturated carbocycles. The number of hydrogen-bond acceptors (Lipinski definition) is 5. The normalized spacial score (nSPS) is 13.3. The second-order valence-electron chi connectivity index (χ2n) is 3.73. The van der Waals surface area contributed by atoms with Crippen LogP contribution in [-0.2, 0) is 11.0 Å². The van der Waals surface area contributed by atoms with Gasteiger partial charge in [0.25, 0.3) is 5.82 Å². The van der Waals surface area contributed by atoms with Crippen LogP contribution in [0.25, 0.3) is 0 Å². The van der Waals surface area contributed by atoms with Gasteiger partial charge in [0, 0.05) is 6.54 Å². The van der Waals surface area contributed by atoms with E-state index >= 15 is 0 Å². The number of nitrogens with one attached hydrogen (secondary N) is 1. The zero-order valence-electron chi connectivity index (χ0n) is 10.4. The predicted octanol–water partition coefficient (Wildman–Crippen LogP) is 1.02. The van der Waals surface area contributed by atoms with Gasteiger partial charge in [-0.3, -0.25) is 4.79 Å². The molecule has 1 unspecified atom stereocenters. The summed E-state index contributed by atoms with van der Waals surface area (Å²) in [5, 5.41) is 8.16. The summed E-state index contributed by atoms with van der Waals surface area (Å²) < 4.78 is 37.6. The van der Waals surface area contributed by atoms with Crippen LogP contribution in [-0.4, -0.2) is 32.6 Å². The number of aromatic nitrogens is 3. The van der Waals surface area contributed by atoms with Crippen LogP contribution in [0.15, 0.2) is 5.16 Å². The van der Waals surface area contributed by atoms with Gasteiger partial charge in [-0.1, -0.05) is 18.7 Å². The lowest BCUT2D eigenvalue weighted by molar-refractivity contribution is -0.146. The van der Waals surface area contributed by atoms with Crippen molar-refractivity contribution in [1.29, 1.82) is 0 Å². The first-order valence-corrected chi connectivity index (χ1v) is 6.37. The summed E-state index contributed by atoms with van der Waals surface area (Å²) in [5.41, 5.74) is 0. The van der Waals surface area contributed by atoms with Crippen molar-refractivity contribution < 1.29 is 18.0 Å². The first-order valence-electron chi connectivity index (χ1n) is 5.49. The van der Waals surface area contributed by atoms with E-state index in [2.05, 4.69) is 15.5 Å². The molecular formula is C9H14F3N5OS. The zero-order chi connectivity index (χ0) is 14.6. The molecule has 1 heterocycles. The van der Waals surface area contributed by atoms with Crippen molar-refractivity contribution in [3.63, 3.8) is 0 Å². The molecule has 0 aliphatic heterocycles. The Labute approximate surface area is 111 Å². The lowest BCUT2D eigenvalue weighted by atomic mass is 10.4. The Hall–Kier alpha value is -1.45. The molecule has 1 aromatic heterocycles. The third kappa shape index (κ3) is 4.01. The van der Waals surface area contributed by atoms with E-state index in [1.165, 1.54) is 0 Å². The van der Waals surface area contributed by atoms with Crippen LogP contribution in [0.4, 0.5) is 13.2 Å². The molecule has 19 heavy (non-hydrogen) atoms. The van der Waals surface area contributed by atoms with Crippen molar-refractivity contribution in [3.8, 4) is 0 Å². The molecular weight excluding hydrogens is 283 g/mol. The van der Waals surface area contributed by atoms with Crippen LogP contribution in [0, 0.1) is 0 Å². The monoisotopic (exact) mass is 297 g/mol. The van der Waals surface area contributed by atoms with Crippen LogP contribution in [0.5, 0.6) is 0 Å². The van der Waals surface area contributed by atoms with Crippen molar-refractivity contribution in [2.24, 2.45) is 0 Å². The number of halogens is 3. The van der Waals surface area contributed by atoms with E-state index in [-0.39, 0.29) is 11.1 Å². The molecule has 0 aliphatic rings. The number of nitrogens with zero attached hydrogens (tertiary/aromatic N) is 3. The van der Waals surface area contributed by atoms with Gasteiger partial charge in [-0.2, -0.15) is 13.2 Å². The lowest BCUT2D eigenvalue weighted by Crippen LogP contribution is -2.32. The average molecular weight is 297 g/mol. The number of carbonyl (C=O) groups is 1. The molecule has 0 saturated heterocycles. The van der Waals surface area contributed by atoms with Crippen LogP contribution in [0.2, 0.25) is 0 Å². The smallest absolute Gasteiger partial charge is 0.355 e. The van der Waals surface area contributed by atoms with Gasteiger partial charge in [0.15, 0.2) is 0 Å². The molecule has 1 aromatic rings. The molecule has 1 rings (SSSR count). The Morgan fingerprint density at radius 3 is 2.63 bits per heavy atom. The minimum absolute atomic E-state index is 0.161. The highest BCUT2D eigenvalue weighted by Crippen LogP contribution is 2.29. The Morgan fingerprint density at radius 2 is 2.16 bits per heavy atom. The van der Waals surface area contributed by atoms with E-state index in [0.29, 0.717) is 11.2 Å². The maximum Gasteiger partial charge on any atom is 0.453 e. The maximum atomic E-state index is 12.4. The molecule has 0 spiro atoms. The fourth-order valence-electron chi connectivity index (χ4n) is 1.15. The fraction of sp³-hybridized carbons (Fsp3) is 0.667. The van der Waals surface area contributed by atoms with Gasteiger partial charge >= 0.3 is 6.18 Å². The minimum atomic E-state index is -4.67. The average Bonchev–Trinajstić information content (AvgIpc) is 2.67. The molecule has 108 valence electrons. The molecule has 1 amide bonds. The Kier molecular flexibility index (Phi) is 5.04. The number of rotatable bonds is 5. The molecule has 6 nitrogen and oxygen atoms in total. The van der Waals surface area contributed by atoms with Gasteiger partial charge in [0.2, 0.25) is 11.1 Å². The lowest BCUT2D eigenvalue weighted by Gasteiger charge is -2.11. The number of alkyl halides is 3. The molecule has 0 aliphatic carbocycles. The summed E-state index contributed by atoms with van der Waals surface area (Å²) in [5.74, 6) is 3.67. The summed E-state index contributed by atoms with van der Waals surface area (Å²) in [6.45, 7) is 3.95. The van der Waals surface area contributed by atoms with E-state index in [1.807, 2.05) is 6.92 Å². The van der Waals surface area contributed by atoms with Crippen molar-refractivity contribution in [2.45, 2.75) is 36.9 Å². The summed E-state index contributed by atoms with van der Waals surface area (Å²) in [7, 11) is 0. The molecule has 1 atom stereocenters. The number of carbonyl (C=O) groups excluding carboxylic acids is 1. The fourth-order valence-corrected chi connectivity index (χ4v) is 1.95. The third-order valence-electron chi connectivity index (χ3n) is 2.12. The van der Waals surface area contributed by atoms with Crippen LogP contribution >= 0.6 is 11.8 Å². The van der Waals surface area contributed by atoms with Crippen molar-refractivity contribution >= 4 is 17.7 Å². The summed E-state index contributed by atoms with van der Waals surface area (Å²) in [6.07, 6.45) is -3.90. The van der Waals surface area contributed by atoms with Crippen LogP contribution in [0.3, 0.4) is 0 Å². The van der Waals surface area contributed by atoms with E-state index < -0.39 is 17.3 Å². The number of nitrogen functional groups attached to an aromatic ring is 1. The highest BCUT2D eigenvalue weighted by atomic mass is 32.2. The first-order chi connectivity index (χ1) is 8.77. The van der Waals surface area contributed by atoms with E-state index in [1.54, 1.807) is 6.92 Å². The summed E-state index contributed by atoms with van der Waals surface area (Å²) in [4.78, 5) is 11.6. The number of thioether (sulfide) groups is 1. The second kappa shape index (κ2) is 6.13. The van der Waals surface area contributed by atoms with Gasteiger partial charge in [-0.15, -0.1) is 10.2 Å². The molecule has 0 aromatic carbocycles. The highest BCUT2D eigenvalue weighted by molar-refractivity contribution is 8.00. The first kappa shape index (κ1) is 15.6. The molecule has 10 heteroatoms.